The molecule has 0 aliphatic carbocycles. The smallest absolute Gasteiger partial charge is 0.324 e. The van der Waals surface area contributed by atoms with Crippen LogP contribution in [0.5, 0.6) is 11.5 Å². The molecule has 0 spiro atoms. The van der Waals surface area contributed by atoms with Gasteiger partial charge < -0.3 is 25.4 Å². The van der Waals surface area contributed by atoms with Crippen molar-refractivity contribution < 1.29 is 23.9 Å². The Kier molecular flexibility index (Phi) is 5.19. The summed E-state index contributed by atoms with van der Waals surface area (Å²) in [5.41, 5.74) is 1.80. The van der Waals surface area contributed by atoms with Crippen LogP contribution in [-0.4, -0.2) is 49.2 Å². The maximum Gasteiger partial charge on any atom is 0.324 e. The fourth-order valence-corrected chi connectivity index (χ4v) is 3.14. The number of hydrogen-bond acceptors (Lipinski definition) is 6. The van der Waals surface area contributed by atoms with E-state index in [0.29, 0.717) is 42.4 Å². The van der Waals surface area contributed by atoms with Crippen LogP contribution in [0.2, 0.25) is 0 Å². The second-order valence-electron chi connectivity index (χ2n) is 6.55. The number of anilines is 1. The van der Waals surface area contributed by atoms with Gasteiger partial charge in [0.1, 0.15) is 0 Å². The molecule has 2 aliphatic heterocycles. The van der Waals surface area contributed by atoms with E-state index in [-0.39, 0.29) is 25.2 Å². The minimum Gasteiger partial charge on any atom is -0.454 e. The summed E-state index contributed by atoms with van der Waals surface area (Å²) in [6.45, 7) is 1.22. The van der Waals surface area contributed by atoms with Gasteiger partial charge in [-0.15, -0.1) is 0 Å². The lowest BCUT2D eigenvalue weighted by molar-refractivity contribution is -0.125. The number of nitrogens with zero attached hydrogens (tertiary/aromatic N) is 1. The molecule has 0 atom stereocenters. The van der Waals surface area contributed by atoms with Crippen LogP contribution in [-0.2, 0) is 11.3 Å². The summed E-state index contributed by atoms with van der Waals surface area (Å²) >= 11 is 0. The SMILES string of the molecule is O=C(NCc1ccc2c(c1)OCO2)c1ccccc1NCC(=O)N1CCNC1=O. The van der Waals surface area contributed by atoms with E-state index in [9.17, 15) is 14.4 Å². The molecule has 0 saturated carbocycles. The number of fused-ring (bicyclic) bond motifs is 1. The predicted molar refractivity (Wildman–Crippen MR) is 104 cm³/mol. The summed E-state index contributed by atoms with van der Waals surface area (Å²) in [5, 5.41) is 8.40. The van der Waals surface area contributed by atoms with Crippen LogP contribution in [0.4, 0.5) is 10.5 Å². The topological polar surface area (TPSA) is 109 Å². The number of carbonyl (C=O) groups excluding carboxylic acids is 3. The average molecular weight is 396 g/mol. The largest absolute Gasteiger partial charge is 0.454 e. The molecule has 4 amide bonds. The Hall–Kier alpha value is -3.75. The molecule has 9 nitrogen and oxygen atoms in total. The van der Waals surface area contributed by atoms with Gasteiger partial charge >= 0.3 is 6.03 Å². The lowest BCUT2D eigenvalue weighted by Gasteiger charge is -2.15. The molecule has 2 aliphatic rings. The summed E-state index contributed by atoms with van der Waals surface area (Å²) in [6.07, 6.45) is 0. The zero-order valence-electron chi connectivity index (χ0n) is 15.6. The molecule has 1 fully saturated rings. The second-order valence-corrected chi connectivity index (χ2v) is 6.55. The van der Waals surface area contributed by atoms with E-state index in [1.807, 2.05) is 12.1 Å². The fraction of sp³-hybridized carbons (Fsp3) is 0.250. The van der Waals surface area contributed by atoms with Crippen LogP contribution >= 0.6 is 0 Å². The Balaban J connectivity index is 1.37. The predicted octanol–water partition coefficient (Wildman–Crippen LogP) is 1.31. The average Bonchev–Trinajstić information content (AvgIpc) is 3.38. The molecular formula is C20H20N4O5. The number of carbonyl (C=O) groups is 3. The Labute approximate surface area is 167 Å². The molecule has 0 bridgehead atoms. The van der Waals surface area contributed by atoms with Crippen molar-refractivity contribution in [3.05, 3.63) is 53.6 Å². The van der Waals surface area contributed by atoms with Gasteiger partial charge in [-0.2, -0.15) is 0 Å². The minimum absolute atomic E-state index is 0.0835. The minimum atomic E-state index is -0.397. The number of nitrogens with one attached hydrogen (secondary N) is 3. The summed E-state index contributed by atoms with van der Waals surface area (Å²) in [4.78, 5) is 37.6. The molecule has 2 aromatic rings. The number of ether oxygens (including phenoxy) is 2. The zero-order chi connectivity index (χ0) is 20.2. The van der Waals surface area contributed by atoms with Crippen LogP contribution in [0.1, 0.15) is 15.9 Å². The fourth-order valence-electron chi connectivity index (χ4n) is 3.14. The third kappa shape index (κ3) is 4.08. The number of amides is 4. The Morgan fingerprint density at radius 2 is 1.93 bits per heavy atom. The number of imide groups is 1. The first-order chi connectivity index (χ1) is 14.1. The Morgan fingerprint density at radius 3 is 2.76 bits per heavy atom. The molecule has 29 heavy (non-hydrogen) atoms. The van der Waals surface area contributed by atoms with Crippen LogP contribution in [0.3, 0.4) is 0 Å². The first kappa shape index (κ1) is 18.6. The van der Waals surface area contributed by atoms with Gasteiger partial charge in [0, 0.05) is 25.3 Å². The van der Waals surface area contributed by atoms with E-state index in [2.05, 4.69) is 16.0 Å². The first-order valence-electron chi connectivity index (χ1n) is 9.19. The highest BCUT2D eigenvalue weighted by atomic mass is 16.7. The molecule has 0 radical (unpaired) electrons. The third-order valence-corrected chi connectivity index (χ3v) is 4.65. The van der Waals surface area contributed by atoms with E-state index in [0.717, 1.165) is 10.5 Å². The maximum atomic E-state index is 12.7. The highest BCUT2D eigenvalue weighted by Gasteiger charge is 2.25. The molecule has 150 valence electrons. The van der Waals surface area contributed by atoms with Crippen molar-refractivity contribution >= 4 is 23.5 Å². The van der Waals surface area contributed by atoms with Crippen LogP contribution < -0.4 is 25.4 Å². The number of para-hydroxylation sites is 1. The van der Waals surface area contributed by atoms with E-state index in [1.165, 1.54) is 0 Å². The van der Waals surface area contributed by atoms with Gasteiger partial charge in [0.2, 0.25) is 12.7 Å². The van der Waals surface area contributed by atoms with Gasteiger partial charge in [-0.05, 0) is 29.8 Å². The zero-order valence-corrected chi connectivity index (χ0v) is 15.6. The molecular weight excluding hydrogens is 376 g/mol. The second kappa shape index (κ2) is 8.09. The van der Waals surface area contributed by atoms with E-state index in [4.69, 9.17) is 9.47 Å². The summed E-state index contributed by atoms with van der Waals surface area (Å²) in [5.74, 6) is 0.710. The number of urea groups is 1. The number of rotatable bonds is 6. The number of hydrogen-bond donors (Lipinski definition) is 3. The number of benzene rings is 2. The third-order valence-electron chi connectivity index (χ3n) is 4.65. The molecule has 3 N–H and O–H groups in total. The van der Waals surface area contributed by atoms with Crippen LogP contribution in [0, 0.1) is 0 Å². The molecule has 1 saturated heterocycles. The highest BCUT2D eigenvalue weighted by molar-refractivity contribution is 6.01. The van der Waals surface area contributed by atoms with Crippen molar-refractivity contribution in [1.82, 2.24) is 15.5 Å². The van der Waals surface area contributed by atoms with E-state index < -0.39 is 6.03 Å². The van der Waals surface area contributed by atoms with E-state index in [1.54, 1.807) is 30.3 Å². The lowest BCUT2D eigenvalue weighted by Crippen LogP contribution is -2.38. The first-order valence-corrected chi connectivity index (χ1v) is 9.19. The van der Waals surface area contributed by atoms with Gasteiger partial charge in [0.25, 0.3) is 5.91 Å². The molecule has 0 aromatic heterocycles. The quantitative estimate of drug-likeness (QED) is 0.679. The standard InChI is InChI=1S/C20H20N4O5/c25-18(24-8-7-21-20(24)27)11-22-15-4-2-1-3-14(15)19(26)23-10-13-5-6-16-17(9-13)29-12-28-16/h1-6,9,22H,7-8,10-12H2,(H,21,27)(H,23,26). The van der Waals surface area contributed by atoms with Crippen molar-refractivity contribution in [2.45, 2.75) is 6.54 Å². The summed E-state index contributed by atoms with van der Waals surface area (Å²) in [7, 11) is 0. The van der Waals surface area contributed by atoms with Crippen molar-refractivity contribution in [3.63, 3.8) is 0 Å². The van der Waals surface area contributed by atoms with Gasteiger partial charge in [-0.3, -0.25) is 14.5 Å². The Morgan fingerprint density at radius 1 is 1.10 bits per heavy atom. The van der Waals surface area contributed by atoms with Gasteiger partial charge in [0.05, 0.1) is 12.1 Å². The van der Waals surface area contributed by atoms with Crippen molar-refractivity contribution in [3.8, 4) is 11.5 Å². The lowest BCUT2D eigenvalue weighted by atomic mass is 10.1. The molecule has 2 heterocycles. The Bertz CT molecular complexity index is 962. The highest BCUT2D eigenvalue weighted by Crippen LogP contribution is 2.32. The normalized spacial score (nSPS) is 14.5. The summed E-state index contributed by atoms with van der Waals surface area (Å²) < 4.78 is 10.6. The van der Waals surface area contributed by atoms with Crippen molar-refractivity contribution in [2.75, 3.05) is 31.7 Å². The molecule has 2 aromatic carbocycles. The maximum absolute atomic E-state index is 12.7. The molecule has 0 unspecified atom stereocenters. The van der Waals surface area contributed by atoms with Crippen molar-refractivity contribution in [2.24, 2.45) is 0 Å². The van der Waals surface area contributed by atoms with Gasteiger partial charge in [0.15, 0.2) is 11.5 Å². The monoisotopic (exact) mass is 396 g/mol. The summed E-state index contributed by atoms with van der Waals surface area (Å²) in [6, 6.07) is 12.0. The van der Waals surface area contributed by atoms with Gasteiger partial charge in [-0.25, -0.2) is 4.79 Å². The van der Waals surface area contributed by atoms with Crippen molar-refractivity contribution in [1.29, 1.82) is 0 Å². The molecule has 9 heteroatoms. The van der Waals surface area contributed by atoms with Crippen LogP contribution in [0.15, 0.2) is 42.5 Å². The van der Waals surface area contributed by atoms with Crippen LogP contribution in [0.25, 0.3) is 0 Å². The van der Waals surface area contributed by atoms with Gasteiger partial charge in [-0.1, -0.05) is 18.2 Å². The molecule has 4 rings (SSSR count). The van der Waals surface area contributed by atoms with E-state index >= 15 is 0 Å².